The summed E-state index contributed by atoms with van der Waals surface area (Å²) in [6, 6.07) is 16.1. The molecule has 162 valence electrons. The third kappa shape index (κ3) is 5.06. The zero-order chi connectivity index (χ0) is 21.6. The van der Waals surface area contributed by atoms with Crippen LogP contribution in [0.15, 0.2) is 65.9 Å². The van der Waals surface area contributed by atoms with Crippen LogP contribution < -0.4 is 15.4 Å². The lowest BCUT2D eigenvalue weighted by atomic mass is 9.95. The number of ether oxygens (including phenoxy) is 3. The van der Waals surface area contributed by atoms with Crippen molar-refractivity contribution in [1.82, 2.24) is 10.6 Å². The highest BCUT2D eigenvalue weighted by Gasteiger charge is 2.34. The number of allylic oxidation sites excluding steroid dienone is 1. The maximum atomic E-state index is 13.0. The largest absolute Gasteiger partial charge is 0.489 e. The molecule has 2 aromatic rings. The van der Waals surface area contributed by atoms with Gasteiger partial charge in [0.25, 0.3) is 0 Å². The number of rotatable bonds is 7. The highest BCUT2D eigenvalue weighted by Crippen LogP contribution is 2.34. The van der Waals surface area contributed by atoms with Crippen LogP contribution in [0, 0.1) is 0 Å². The maximum absolute atomic E-state index is 13.0. The zero-order valence-electron chi connectivity index (χ0n) is 17.4. The molecule has 7 nitrogen and oxygen atoms in total. The second kappa shape index (κ2) is 9.66. The second-order valence-electron chi connectivity index (χ2n) is 7.62. The number of hydrogen-bond acceptors (Lipinski definition) is 5. The monoisotopic (exact) mass is 422 g/mol. The van der Waals surface area contributed by atoms with Gasteiger partial charge in [0.1, 0.15) is 19.0 Å². The average molecular weight is 422 g/mol. The van der Waals surface area contributed by atoms with E-state index in [-0.39, 0.29) is 18.7 Å². The normalized spacial score (nSPS) is 20.7. The van der Waals surface area contributed by atoms with E-state index < -0.39 is 12.0 Å². The van der Waals surface area contributed by atoms with E-state index in [1.807, 2.05) is 54.6 Å². The Labute approximate surface area is 181 Å². The third-order valence-electron chi connectivity index (χ3n) is 5.38. The summed E-state index contributed by atoms with van der Waals surface area (Å²) in [7, 11) is 0. The molecule has 0 spiro atoms. The quantitative estimate of drug-likeness (QED) is 0.666. The zero-order valence-corrected chi connectivity index (χ0v) is 17.4. The summed E-state index contributed by atoms with van der Waals surface area (Å²) in [5.74, 6) is 0.110. The number of nitrogens with one attached hydrogen (secondary N) is 2. The fourth-order valence-corrected chi connectivity index (χ4v) is 3.81. The summed E-state index contributed by atoms with van der Waals surface area (Å²) in [4.78, 5) is 25.2. The minimum Gasteiger partial charge on any atom is -0.489 e. The number of amides is 2. The standard InChI is InChI=1S/C24H26N2O5/c1-16-21(23(27)31-15-18-10-7-13-29-18)22(26-24(28)25-16)19-11-5-6-12-20(19)30-14-17-8-3-2-4-9-17/h2-6,8-9,11-12,18,22H,7,10,13-15H2,1H3,(H2,25,26,28). The van der Waals surface area contributed by atoms with Gasteiger partial charge >= 0.3 is 12.0 Å². The van der Waals surface area contributed by atoms with Gasteiger partial charge in [0.2, 0.25) is 0 Å². The van der Waals surface area contributed by atoms with Gasteiger partial charge in [-0.1, -0.05) is 48.5 Å². The molecule has 0 bridgehead atoms. The van der Waals surface area contributed by atoms with Gasteiger partial charge in [-0.2, -0.15) is 0 Å². The predicted octanol–water partition coefficient (Wildman–Crippen LogP) is 3.62. The summed E-state index contributed by atoms with van der Waals surface area (Å²) < 4.78 is 17.1. The number of para-hydroxylation sites is 1. The molecule has 2 heterocycles. The number of urea groups is 1. The van der Waals surface area contributed by atoms with Crippen LogP contribution in [0.5, 0.6) is 5.75 Å². The van der Waals surface area contributed by atoms with Crippen LogP contribution >= 0.6 is 0 Å². The summed E-state index contributed by atoms with van der Waals surface area (Å²) in [6.45, 7) is 2.96. The molecule has 7 heteroatoms. The minimum absolute atomic E-state index is 0.0732. The van der Waals surface area contributed by atoms with E-state index in [4.69, 9.17) is 14.2 Å². The van der Waals surface area contributed by atoms with E-state index in [1.165, 1.54) is 0 Å². The first-order valence-corrected chi connectivity index (χ1v) is 10.4. The highest BCUT2D eigenvalue weighted by molar-refractivity contribution is 5.95. The van der Waals surface area contributed by atoms with Crippen molar-refractivity contribution in [3.05, 3.63) is 77.0 Å². The van der Waals surface area contributed by atoms with E-state index in [9.17, 15) is 9.59 Å². The Morgan fingerprint density at radius 2 is 1.90 bits per heavy atom. The Morgan fingerprint density at radius 3 is 2.68 bits per heavy atom. The molecular weight excluding hydrogens is 396 g/mol. The smallest absolute Gasteiger partial charge is 0.338 e. The molecule has 0 aromatic heterocycles. The van der Waals surface area contributed by atoms with Crippen molar-refractivity contribution in [2.24, 2.45) is 0 Å². The van der Waals surface area contributed by atoms with E-state index in [0.29, 0.717) is 35.8 Å². The fraction of sp³-hybridized carbons (Fsp3) is 0.333. The molecule has 2 aliphatic rings. The molecule has 2 N–H and O–H groups in total. The van der Waals surface area contributed by atoms with Crippen molar-refractivity contribution in [2.75, 3.05) is 13.2 Å². The number of carbonyl (C=O) groups excluding carboxylic acids is 2. The van der Waals surface area contributed by atoms with Gasteiger partial charge in [-0.15, -0.1) is 0 Å². The Bertz CT molecular complexity index is 967. The van der Waals surface area contributed by atoms with Gasteiger partial charge < -0.3 is 24.8 Å². The van der Waals surface area contributed by atoms with Crippen LogP contribution in [-0.2, 0) is 20.9 Å². The lowest BCUT2D eigenvalue weighted by molar-refractivity contribution is -0.142. The Balaban J connectivity index is 1.56. The lowest BCUT2D eigenvalue weighted by Crippen LogP contribution is -2.45. The molecule has 0 aliphatic carbocycles. The SMILES string of the molecule is CC1=C(C(=O)OCC2CCCO2)C(c2ccccc2OCc2ccccc2)NC(=O)N1. The highest BCUT2D eigenvalue weighted by atomic mass is 16.6. The van der Waals surface area contributed by atoms with E-state index >= 15 is 0 Å². The molecular formula is C24H26N2O5. The van der Waals surface area contributed by atoms with Gasteiger partial charge in [-0.3, -0.25) is 0 Å². The van der Waals surface area contributed by atoms with Crippen LogP contribution in [0.1, 0.15) is 36.9 Å². The average Bonchev–Trinajstić information content (AvgIpc) is 3.30. The van der Waals surface area contributed by atoms with E-state index in [1.54, 1.807) is 6.92 Å². The minimum atomic E-state index is -0.683. The molecule has 2 atom stereocenters. The first-order valence-electron chi connectivity index (χ1n) is 10.4. The molecule has 1 saturated heterocycles. The maximum Gasteiger partial charge on any atom is 0.338 e. The second-order valence-corrected chi connectivity index (χ2v) is 7.62. The fourth-order valence-electron chi connectivity index (χ4n) is 3.81. The topological polar surface area (TPSA) is 85.9 Å². The molecule has 2 amide bonds. The molecule has 31 heavy (non-hydrogen) atoms. The number of hydrogen-bond donors (Lipinski definition) is 2. The van der Waals surface area contributed by atoms with Crippen molar-refractivity contribution in [3.8, 4) is 5.75 Å². The molecule has 2 aromatic carbocycles. The number of benzene rings is 2. The van der Waals surface area contributed by atoms with Gasteiger partial charge in [0.05, 0.1) is 17.7 Å². The van der Waals surface area contributed by atoms with Crippen LogP contribution in [0.25, 0.3) is 0 Å². The van der Waals surface area contributed by atoms with Gasteiger partial charge in [-0.05, 0) is 31.4 Å². The summed E-state index contributed by atoms with van der Waals surface area (Å²) in [5.41, 5.74) is 2.53. The van der Waals surface area contributed by atoms with Crippen LogP contribution in [0.3, 0.4) is 0 Å². The van der Waals surface area contributed by atoms with Crippen LogP contribution in [0.2, 0.25) is 0 Å². The van der Waals surface area contributed by atoms with Crippen molar-refractivity contribution in [3.63, 3.8) is 0 Å². The van der Waals surface area contributed by atoms with Crippen molar-refractivity contribution >= 4 is 12.0 Å². The van der Waals surface area contributed by atoms with Crippen molar-refractivity contribution < 1.29 is 23.8 Å². The van der Waals surface area contributed by atoms with Gasteiger partial charge in [0.15, 0.2) is 0 Å². The van der Waals surface area contributed by atoms with Crippen molar-refractivity contribution in [1.29, 1.82) is 0 Å². The Morgan fingerprint density at radius 1 is 1.13 bits per heavy atom. The molecule has 4 rings (SSSR count). The summed E-state index contributed by atoms with van der Waals surface area (Å²) in [6.07, 6.45) is 1.77. The van der Waals surface area contributed by atoms with Crippen molar-refractivity contribution in [2.45, 2.75) is 38.5 Å². The number of carbonyl (C=O) groups is 2. The first-order chi connectivity index (χ1) is 15.1. The Hall–Kier alpha value is -3.32. The summed E-state index contributed by atoms with van der Waals surface area (Å²) in [5, 5.41) is 5.51. The summed E-state index contributed by atoms with van der Waals surface area (Å²) >= 11 is 0. The molecule has 2 unspecified atom stereocenters. The Kier molecular flexibility index (Phi) is 6.52. The third-order valence-corrected chi connectivity index (χ3v) is 5.38. The molecule has 0 saturated carbocycles. The van der Waals surface area contributed by atoms with Gasteiger partial charge in [0, 0.05) is 17.9 Å². The van der Waals surface area contributed by atoms with E-state index in [0.717, 1.165) is 18.4 Å². The first kappa shape index (κ1) is 20.9. The van der Waals surface area contributed by atoms with Crippen LogP contribution in [0.4, 0.5) is 4.79 Å². The molecule has 1 fully saturated rings. The van der Waals surface area contributed by atoms with Crippen LogP contribution in [-0.4, -0.2) is 31.3 Å². The lowest BCUT2D eigenvalue weighted by Gasteiger charge is -2.29. The predicted molar refractivity (Wildman–Crippen MR) is 114 cm³/mol. The van der Waals surface area contributed by atoms with E-state index in [2.05, 4.69) is 10.6 Å². The molecule has 0 radical (unpaired) electrons. The number of esters is 1. The van der Waals surface area contributed by atoms with Gasteiger partial charge in [-0.25, -0.2) is 9.59 Å². The molecule has 2 aliphatic heterocycles.